The highest BCUT2D eigenvalue weighted by atomic mass is 35.7. The molecule has 0 saturated heterocycles. The lowest BCUT2D eigenvalue weighted by Gasteiger charge is -2.16. The Kier molecular flexibility index (Phi) is 7.70. The van der Waals surface area contributed by atoms with Gasteiger partial charge in [-0.2, -0.15) is 0 Å². The molecule has 0 spiro atoms. The molecule has 2 aromatic carbocycles. The minimum Gasteiger partial charge on any atom is -0.445 e. The van der Waals surface area contributed by atoms with Gasteiger partial charge in [-0.25, -0.2) is 26.4 Å². The predicted molar refractivity (Wildman–Crippen MR) is 97.8 cm³/mol. The minimum absolute atomic E-state index is 0.0134. The number of rotatable bonds is 8. The molecule has 1 unspecified atom stereocenters. The average Bonchev–Trinajstić information content (AvgIpc) is 2.62. The van der Waals surface area contributed by atoms with E-state index in [4.69, 9.17) is 15.4 Å². The number of carbonyl (C=O) groups is 1. The number of nitrogens with one attached hydrogen (secondary N) is 1. The summed E-state index contributed by atoms with van der Waals surface area (Å²) in [6.45, 7) is -0.167. The van der Waals surface area contributed by atoms with Gasteiger partial charge in [-0.15, -0.1) is 0 Å². The summed E-state index contributed by atoms with van der Waals surface area (Å²) in [4.78, 5) is 11.8. The topological polar surface area (TPSA) is 72.5 Å². The van der Waals surface area contributed by atoms with Crippen molar-refractivity contribution in [3.63, 3.8) is 0 Å². The Morgan fingerprint density at radius 1 is 1.07 bits per heavy atom. The van der Waals surface area contributed by atoms with Gasteiger partial charge in [0, 0.05) is 17.2 Å². The molecule has 0 bridgehead atoms. The van der Waals surface area contributed by atoms with Crippen molar-refractivity contribution in [3.8, 4) is 0 Å². The summed E-state index contributed by atoms with van der Waals surface area (Å²) in [5.41, 5.74) is 0.788. The molecule has 2 rings (SSSR count). The fourth-order valence-corrected chi connectivity index (χ4v) is 3.87. The van der Waals surface area contributed by atoms with Crippen LogP contribution in [0.2, 0.25) is 0 Å². The normalized spacial score (nSPS) is 12.4. The second-order valence-electron chi connectivity index (χ2n) is 6.09. The van der Waals surface area contributed by atoms with Crippen molar-refractivity contribution >= 4 is 25.8 Å². The van der Waals surface area contributed by atoms with Gasteiger partial charge >= 0.3 is 6.09 Å². The first-order valence-corrected chi connectivity index (χ1v) is 10.6. The largest absolute Gasteiger partial charge is 0.445 e. The highest BCUT2D eigenvalue weighted by Gasteiger charge is 2.21. The van der Waals surface area contributed by atoms with Crippen LogP contribution in [0.15, 0.2) is 42.5 Å². The maximum atomic E-state index is 13.4. The van der Waals surface area contributed by atoms with Crippen molar-refractivity contribution in [2.24, 2.45) is 5.92 Å². The molecule has 0 fully saturated rings. The monoisotopic (exact) mass is 435 g/mol. The van der Waals surface area contributed by atoms with Crippen LogP contribution in [0.25, 0.3) is 0 Å². The number of carbonyl (C=O) groups excluding carboxylic acids is 1. The third-order valence-electron chi connectivity index (χ3n) is 3.75. The second-order valence-corrected chi connectivity index (χ2v) is 8.91. The van der Waals surface area contributed by atoms with Crippen molar-refractivity contribution in [1.82, 2.24) is 5.32 Å². The summed E-state index contributed by atoms with van der Waals surface area (Å²) >= 11 is 0. The Labute approximate surface area is 164 Å². The third kappa shape index (κ3) is 7.40. The minimum atomic E-state index is -3.96. The summed E-state index contributed by atoms with van der Waals surface area (Å²) < 4.78 is 67.6. The lowest BCUT2D eigenvalue weighted by Crippen LogP contribution is -2.33. The average molecular weight is 436 g/mol. The molecule has 0 saturated carbocycles. The van der Waals surface area contributed by atoms with Crippen LogP contribution in [0.3, 0.4) is 0 Å². The molecule has 152 valence electrons. The van der Waals surface area contributed by atoms with Gasteiger partial charge in [0.15, 0.2) is 17.5 Å². The number of amides is 1. The van der Waals surface area contributed by atoms with Crippen LogP contribution in [-0.2, 0) is 26.8 Å². The smallest absolute Gasteiger partial charge is 0.407 e. The first-order valence-electron chi connectivity index (χ1n) is 8.14. The molecular formula is C18H17ClF3NO4S. The van der Waals surface area contributed by atoms with Gasteiger partial charge in [-0.05, 0) is 35.6 Å². The molecule has 0 aliphatic heterocycles. The number of hydrogen-bond donors (Lipinski definition) is 1. The van der Waals surface area contributed by atoms with Crippen LogP contribution in [0.1, 0.15) is 11.1 Å². The van der Waals surface area contributed by atoms with E-state index in [1.165, 1.54) is 0 Å². The maximum Gasteiger partial charge on any atom is 0.407 e. The van der Waals surface area contributed by atoms with E-state index in [1.807, 2.05) is 6.07 Å². The molecule has 0 heterocycles. The molecule has 5 nitrogen and oxygen atoms in total. The lowest BCUT2D eigenvalue weighted by molar-refractivity contribution is 0.138. The van der Waals surface area contributed by atoms with Crippen LogP contribution in [0.5, 0.6) is 0 Å². The Bertz CT molecular complexity index is 903. The highest BCUT2D eigenvalue weighted by Crippen LogP contribution is 2.18. The quantitative estimate of drug-likeness (QED) is 0.506. The molecule has 10 heteroatoms. The maximum absolute atomic E-state index is 13.4. The summed E-state index contributed by atoms with van der Waals surface area (Å²) in [5.74, 6) is -5.77. The molecule has 1 amide bonds. The van der Waals surface area contributed by atoms with E-state index >= 15 is 0 Å². The predicted octanol–water partition coefficient (Wildman–Crippen LogP) is 3.76. The Balaban J connectivity index is 1.98. The van der Waals surface area contributed by atoms with Crippen molar-refractivity contribution < 1.29 is 31.1 Å². The van der Waals surface area contributed by atoms with Gasteiger partial charge < -0.3 is 10.1 Å². The van der Waals surface area contributed by atoms with E-state index in [1.54, 1.807) is 24.3 Å². The summed E-state index contributed by atoms with van der Waals surface area (Å²) in [6.07, 6.45) is -0.948. The molecule has 0 radical (unpaired) electrons. The van der Waals surface area contributed by atoms with Crippen molar-refractivity contribution in [2.75, 3.05) is 12.3 Å². The zero-order valence-corrected chi connectivity index (χ0v) is 16.1. The molecule has 1 atom stereocenters. The van der Waals surface area contributed by atoms with Gasteiger partial charge in [-0.1, -0.05) is 30.3 Å². The van der Waals surface area contributed by atoms with Crippen LogP contribution in [-0.4, -0.2) is 26.8 Å². The molecule has 1 N–H and O–H groups in total. The van der Waals surface area contributed by atoms with Crippen molar-refractivity contribution in [2.45, 2.75) is 13.0 Å². The van der Waals surface area contributed by atoms with Gasteiger partial charge in [0.1, 0.15) is 6.61 Å². The van der Waals surface area contributed by atoms with E-state index < -0.39 is 44.3 Å². The van der Waals surface area contributed by atoms with Gasteiger partial charge in [0.25, 0.3) is 0 Å². The van der Waals surface area contributed by atoms with Crippen LogP contribution in [0, 0.1) is 23.4 Å². The zero-order valence-electron chi connectivity index (χ0n) is 14.5. The van der Waals surface area contributed by atoms with E-state index in [-0.39, 0.29) is 25.1 Å². The Hall–Kier alpha value is -2.26. The van der Waals surface area contributed by atoms with E-state index in [0.717, 1.165) is 17.7 Å². The lowest BCUT2D eigenvalue weighted by atomic mass is 10.0. The summed E-state index contributed by atoms with van der Waals surface area (Å²) in [5, 5.41) is 2.39. The van der Waals surface area contributed by atoms with Gasteiger partial charge in [0.05, 0.1) is 5.75 Å². The molecule has 28 heavy (non-hydrogen) atoms. The third-order valence-corrected chi connectivity index (χ3v) is 5.00. The van der Waals surface area contributed by atoms with Crippen LogP contribution >= 0.6 is 10.7 Å². The Morgan fingerprint density at radius 3 is 2.25 bits per heavy atom. The molecule has 2 aromatic rings. The van der Waals surface area contributed by atoms with Crippen molar-refractivity contribution in [1.29, 1.82) is 0 Å². The second kappa shape index (κ2) is 9.79. The van der Waals surface area contributed by atoms with Crippen molar-refractivity contribution in [3.05, 3.63) is 71.0 Å². The molecule has 0 aromatic heterocycles. The van der Waals surface area contributed by atoms with Gasteiger partial charge in [0.2, 0.25) is 9.05 Å². The standard InChI is InChI=1S/C18H17ClF3NO4S/c19-28(25,26)11-14(6-13-7-15(20)17(22)16(21)8-13)9-23-18(24)27-10-12-4-2-1-3-5-12/h1-5,7-8,14H,6,9-11H2,(H,23,24). The number of ether oxygens (including phenoxy) is 1. The summed E-state index contributed by atoms with van der Waals surface area (Å²) in [7, 11) is 1.30. The fourth-order valence-electron chi connectivity index (χ4n) is 2.53. The van der Waals surface area contributed by atoms with Gasteiger partial charge in [-0.3, -0.25) is 0 Å². The molecular weight excluding hydrogens is 419 g/mol. The zero-order chi connectivity index (χ0) is 20.7. The SMILES string of the molecule is O=C(NCC(Cc1cc(F)c(F)c(F)c1)CS(=O)(=O)Cl)OCc1ccccc1. The summed E-state index contributed by atoms with van der Waals surface area (Å²) in [6, 6.07) is 10.4. The number of hydrogen-bond acceptors (Lipinski definition) is 4. The number of halogens is 4. The Morgan fingerprint density at radius 2 is 1.68 bits per heavy atom. The first kappa shape index (κ1) is 22.0. The van der Waals surface area contributed by atoms with E-state index in [2.05, 4.69) is 5.32 Å². The van der Waals surface area contributed by atoms with Crippen LogP contribution < -0.4 is 5.32 Å². The number of benzene rings is 2. The molecule has 0 aliphatic rings. The van der Waals surface area contributed by atoms with E-state index in [0.29, 0.717) is 0 Å². The fraction of sp³-hybridized carbons (Fsp3) is 0.278. The highest BCUT2D eigenvalue weighted by molar-refractivity contribution is 8.13. The van der Waals surface area contributed by atoms with E-state index in [9.17, 15) is 26.4 Å². The molecule has 0 aliphatic carbocycles. The first-order chi connectivity index (χ1) is 13.1. The van der Waals surface area contributed by atoms with Crippen LogP contribution in [0.4, 0.5) is 18.0 Å². The number of alkyl carbamates (subject to hydrolysis) is 1.